The molecule has 2 aromatic carbocycles. The van der Waals surface area contributed by atoms with Crippen molar-refractivity contribution in [3.63, 3.8) is 0 Å². The Kier molecular flexibility index (Phi) is 5.21. The van der Waals surface area contributed by atoms with Gasteiger partial charge < -0.3 is 15.4 Å². The second kappa shape index (κ2) is 7.12. The molecule has 0 heterocycles. The Morgan fingerprint density at radius 3 is 2.55 bits per heavy atom. The van der Waals surface area contributed by atoms with Gasteiger partial charge in [-0.3, -0.25) is 0 Å². The zero-order chi connectivity index (χ0) is 14.4. The summed E-state index contributed by atoms with van der Waals surface area (Å²) in [7, 11) is 1.66. The second-order valence-electron chi connectivity index (χ2n) is 4.13. The van der Waals surface area contributed by atoms with Gasteiger partial charge in [0.1, 0.15) is 5.75 Å². The first-order valence-corrected chi connectivity index (χ1v) is 6.90. The maximum absolute atomic E-state index is 5.83. The van der Waals surface area contributed by atoms with Crippen molar-refractivity contribution >= 4 is 34.6 Å². The average Bonchev–Trinajstić information content (AvgIpc) is 2.48. The number of nitrogens with one attached hydrogen (secondary N) is 2. The van der Waals surface area contributed by atoms with Crippen molar-refractivity contribution in [2.24, 2.45) is 0 Å². The van der Waals surface area contributed by atoms with Crippen molar-refractivity contribution in [2.75, 3.05) is 12.4 Å². The Balaban J connectivity index is 1.90. The van der Waals surface area contributed by atoms with Crippen LogP contribution in [0.5, 0.6) is 5.75 Å². The van der Waals surface area contributed by atoms with Gasteiger partial charge in [-0.1, -0.05) is 29.8 Å². The molecule has 5 heteroatoms. The topological polar surface area (TPSA) is 33.3 Å². The van der Waals surface area contributed by atoms with Gasteiger partial charge >= 0.3 is 0 Å². The van der Waals surface area contributed by atoms with Crippen LogP contribution in [0.3, 0.4) is 0 Å². The lowest BCUT2D eigenvalue weighted by Gasteiger charge is -2.12. The quantitative estimate of drug-likeness (QED) is 0.841. The summed E-state index contributed by atoms with van der Waals surface area (Å²) in [4.78, 5) is 0. The molecule has 0 unspecified atom stereocenters. The number of para-hydroxylation sites is 1. The van der Waals surface area contributed by atoms with Crippen LogP contribution in [0.15, 0.2) is 48.5 Å². The van der Waals surface area contributed by atoms with Gasteiger partial charge in [-0.2, -0.15) is 0 Å². The van der Waals surface area contributed by atoms with Gasteiger partial charge in [-0.25, -0.2) is 0 Å². The predicted molar refractivity (Wildman–Crippen MR) is 87.5 cm³/mol. The third-order valence-electron chi connectivity index (χ3n) is 2.73. The number of rotatable bonds is 4. The zero-order valence-corrected chi connectivity index (χ0v) is 12.6. The molecule has 0 saturated carbocycles. The minimum atomic E-state index is 0.554. The molecule has 2 aromatic rings. The van der Waals surface area contributed by atoms with Crippen LogP contribution in [0.4, 0.5) is 5.69 Å². The van der Waals surface area contributed by atoms with E-state index in [9.17, 15) is 0 Å². The van der Waals surface area contributed by atoms with E-state index in [0.29, 0.717) is 16.7 Å². The molecular formula is C15H15ClN2OS. The smallest absolute Gasteiger partial charge is 0.171 e. The lowest BCUT2D eigenvalue weighted by Crippen LogP contribution is -2.28. The van der Waals surface area contributed by atoms with E-state index in [-0.39, 0.29) is 0 Å². The van der Waals surface area contributed by atoms with Gasteiger partial charge in [0.25, 0.3) is 0 Å². The molecule has 0 fully saturated rings. The molecule has 0 bridgehead atoms. The number of anilines is 1. The van der Waals surface area contributed by atoms with E-state index in [0.717, 1.165) is 17.0 Å². The van der Waals surface area contributed by atoms with Gasteiger partial charge in [0, 0.05) is 22.8 Å². The Labute approximate surface area is 128 Å². The number of methoxy groups -OCH3 is 1. The summed E-state index contributed by atoms with van der Waals surface area (Å²) in [5.41, 5.74) is 1.95. The predicted octanol–water partition coefficient (Wildman–Crippen LogP) is 3.84. The van der Waals surface area contributed by atoms with E-state index in [4.69, 9.17) is 28.6 Å². The average molecular weight is 307 g/mol. The molecule has 0 amide bonds. The summed E-state index contributed by atoms with van der Waals surface area (Å²) in [5.74, 6) is 0.842. The molecule has 2 rings (SSSR count). The van der Waals surface area contributed by atoms with Gasteiger partial charge in [0.15, 0.2) is 5.11 Å². The second-order valence-corrected chi connectivity index (χ2v) is 4.97. The third kappa shape index (κ3) is 4.11. The van der Waals surface area contributed by atoms with Crippen LogP contribution in [0.2, 0.25) is 5.02 Å². The number of hydrogen-bond acceptors (Lipinski definition) is 2. The Bertz CT molecular complexity index is 587. The third-order valence-corrected chi connectivity index (χ3v) is 3.23. The fourth-order valence-corrected chi connectivity index (χ4v) is 2.05. The van der Waals surface area contributed by atoms with E-state index in [1.165, 1.54) is 0 Å². The first kappa shape index (κ1) is 14.6. The molecule has 0 spiro atoms. The summed E-state index contributed by atoms with van der Waals surface area (Å²) in [6, 6.07) is 15.2. The maximum Gasteiger partial charge on any atom is 0.171 e. The van der Waals surface area contributed by atoms with E-state index in [1.807, 2.05) is 48.5 Å². The van der Waals surface area contributed by atoms with Crippen LogP contribution >= 0.6 is 23.8 Å². The molecule has 20 heavy (non-hydrogen) atoms. The van der Waals surface area contributed by atoms with Crippen molar-refractivity contribution < 1.29 is 4.74 Å². The summed E-state index contributed by atoms with van der Waals surface area (Å²) >= 11 is 11.1. The summed E-state index contributed by atoms with van der Waals surface area (Å²) in [6.45, 7) is 0.601. The highest BCUT2D eigenvalue weighted by molar-refractivity contribution is 7.80. The number of thiocarbonyl (C=S) groups is 1. The van der Waals surface area contributed by atoms with Crippen LogP contribution in [-0.2, 0) is 6.54 Å². The highest BCUT2D eigenvalue weighted by Gasteiger charge is 2.02. The van der Waals surface area contributed by atoms with Crippen LogP contribution in [0, 0.1) is 0 Å². The van der Waals surface area contributed by atoms with E-state index >= 15 is 0 Å². The molecule has 0 aromatic heterocycles. The zero-order valence-electron chi connectivity index (χ0n) is 11.0. The number of benzene rings is 2. The maximum atomic E-state index is 5.83. The summed E-state index contributed by atoms with van der Waals surface area (Å²) < 4.78 is 5.29. The minimum Gasteiger partial charge on any atom is -0.496 e. The highest BCUT2D eigenvalue weighted by atomic mass is 35.5. The van der Waals surface area contributed by atoms with Crippen LogP contribution in [-0.4, -0.2) is 12.2 Å². The first-order valence-electron chi connectivity index (χ1n) is 6.11. The van der Waals surface area contributed by atoms with Crippen molar-refractivity contribution in [2.45, 2.75) is 6.54 Å². The van der Waals surface area contributed by atoms with E-state index < -0.39 is 0 Å². The van der Waals surface area contributed by atoms with Crippen molar-refractivity contribution in [3.8, 4) is 5.75 Å². The monoisotopic (exact) mass is 306 g/mol. The summed E-state index contributed by atoms with van der Waals surface area (Å²) in [6.07, 6.45) is 0. The highest BCUT2D eigenvalue weighted by Crippen LogP contribution is 2.17. The minimum absolute atomic E-state index is 0.554. The largest absolute Gasteiger partial charge is 0.496 e. The molecule has 0 atom stereocenters. The molecule has 0 saturated heterocycles. The molecule has 0 aliphatic carbocycles. The molecule has 2 N–H and O–H groups in total. The van der Waals surface area contributed by atoms with E-state index in [1.54, 1.807) is 7.11 Å². The SMILES string of the molecule is COc1ccccc1CNC(=S)Nc1ccc(Cl)cc1. The van der Waals surface area contributed by atoms with Gasteiger partial charge in [-0.15, -0.1) is 0 Å². The lowest BCUT2D eigenvalue weighted by molar-refractivity contribution is 0.409. The number of halogens is 1. The van der Waals surface area contributed by atoms with Gasteiger partial charge in [0.05, 0.1) is 7.11 Å². The fraction of sp³-hybridized carbons (Fsp3) is 0.133. The summed E-state index contributed by atoms with van der Waals surface area (Å²) in [5, 5.41) is 7.49. The first-order chi connectivity index (χ1) is 9.69. The van der Waals surface area contributed by atoms with Crippen molar-refractivity contribution in [3.05, 3.63) is 59.1 Å². The molecule has 0 radical (unpaired) electrons. The number of ether oxygens (including phenoxy) is 1. The fourth-order valence-electron chi connectivity index (χ4n) is 1.73. The van der Waals surface area contributed by atoms with Gasteiger partial charge in [0.2, 0.25) is 0 Å². The molecular weight excluding hydrogens is 292 g/mol. The van der Waals surface area contributed by atoms with Gasteiger partial charge in [-0.05, 0) is 42.5 Å². The van der Waals surface area contributed by atoms with Crippen molar-refractivity contribution in [1.29, 1.82) is 0 Å². The lowest BCUT2D eigenvalue weighted by atomic mass is 10.2. The molecule has 3 nitrogen and oxygen atoms in total. The van der Waals surface area contributed by atoms with Crippen molar-refractivity contribution in [1.82, 2.24) is 5.32 Å². The van der Waals surface area contributed by atoms with Crippen LogP contribution in [0.1, 0.15) is 5.56 Å². The standard InChI is InChI=1S/C15H15ClN2OS/c1-19-14-5-3-2-4-11(14)10-17-15(20)18-13-8-6-12(16)7-9-13/h2-9H,10H2,1H3,(H2,17,18,20). The molecule has 0 aliphatic rings. The van der Waals surface area contributed by atoms with E-state index in [2.05, 4.69) is 10.6 Å². The van der Waals surface area contributed by atoms with Crippen LogP contribution in [0.25, 0.3) is 0 Å². The Morgan fingerprint density at radius 1 is 1.15 bits per heavy atom. The Hall–Kier alpha value is -1.78. The van der Waals surface area contributed by atoms with Crippen LogP contribution < -0.4 is 15.4 Å². The number of hydrogen-bond donors (Lipinski definition) is 2. The Morgan fingerprint density at radius 2 is 1.85 bits per heavy atom. The molecule has 104 valence electrons. The normalized spacial score (nSPS) is 9.90. The molecule has 0 aliphatic heterocycles.